The van der Waals surface area contributed by atoms with Crippen LogP contribution in [-0.4, -0.2) is 15.0 Å². The van der Waals surface area contributed by atoms with Gasteiger partial charge in [-0.25, -0.2) is 0 Å². The minimum Gasteiger partial charge on any atom is -0.469 e. The molecule has 2 rings (SSSR count). The normalized spacial score (nSPS) is 13.1. The summed E-state index contributed by atoms with van der Waals surface area (Å²) in [5.74, 6) is 0.847. The second-order valence-corrected chi connectivity index (χ2v) is 3.23. The smallest absolute Gasteiger partial charge is 0.104 e. The van der Waals surface area contributed by atoms with E-state index in [0.29, 0.717) is 0 Å². The predicted molar refractivity (Wildman–Crippen MR) is 50.5 cm³/mol. The molecule has 0 saturated heterocycles. The quantitative estimate of drug-likeness (QED) is 0.762. The van der Waals surface area contributed by atoms with Crippen molar-refractivity contribution in [3.05, 3.63) is 35.5 Å². The molecule has 0 fully saturated rings. The fourth-order valence-corrected chi connectivity index (χ4v) is 1.30. The van der Waals surface area contributed by atoms with Crippen LogP contribution in [0, 0.1) is 6.92 Å². The summed E-state index contributed by atoms with van der Waals surface area (Å²) < 4.78 is 5.18. The Morgan fingerprint density at radius 1 is 1.57 bits per heavy atom. The lowest BCUT2D eigenvalue weighted by Gasteiger charge is -2.03. The van der Waals surface area contributed by atoms with E-state index < -0.39 is 0 Å². The average Bonchev–Trinajstić information content (AvgIpc) is 2.73. The summed E-state index contributed by atoms with van der Waals surface area (Å²) in [7, 11) is 1.76. The van der Waals surface area contributed by atoms with E-state index in [0.717, 1.165) is 17.0 Å². The van der Waals surface area contributed by atoms with Crippen molar-refractivity contribution in [1.82, 2.24) is 15.0 Å². The third-order valence-corrected chi connectivity index (χ3v) is 2.05. The molecule has 2 heterocycles. The van der Waals surface area contributed by atoms with E-state index in [2.05, 4.69) is 10.2 Å². The van der Waals surface area contributed by atoms with Crippen LogP contribution in [0.25, 0.3) is 0 Å². The monoisotopic (exact) mass is 192 g/mol. The maximum absolute atomic E-state index is 5.97. The molecule has 0 aliphatic carbocycles. The van der Waals surface area contributed by atoms with Crippen molar-refractivity contribution in [3.63, 3.8) is 0 Å². The number of nitrogens with zero attached hydrogens (tertiary/aromatic N) is 3. The summed E-state index contributed by atoms with van der Waals surface area (Å²) in [6.07, 6.45) is 3.31. The number of aryl methyl sites for hydroxylation is 2. The number of rotatable bonds is 2. The molecule has 14 heavy (non-hydrogen) atoms. The van der Waals surface area contributed by atoms with Crippen molar-refractivity contribution in [3.8, 4) is 0 Å². The third-order valence-electron chi connectivity index (χ3n) is 2.05. The molecule has 5 nitrogen and oxygen atoms in total. The second kappa shape index (κ2) is 3.26. The van der Waals surface area contributed by atoms with Gasteiger partial charge in [0.25, 0.3) is 0 Å². The molecule has 5 heteroatoms. The highest BCUT2D eigenvalue weighted by Gasteiger charge is 2.14. The van der Waals surface area contributed by atoms with E-state index in [1.807, 2.05) is 13.0 Å². The van der Waals surface area contributed by atoms with Crippen molar-refractivity contribution in [2.24, 2.45) is 12.8 Å². The zero-order valence-corrected chi connectivity index (χ0v) is 8.14. The minimum atomic E-state index is -0.263. The van der Waals surface area contributed by atoms with Crippen LogP contribution in [0.4, 0.5) is 0 Å². The maximum Gasteiger partial charge on any atom is 0.104 e. The van der Waals surface area contributed by atoms with Crippen molar-refractivity contribution in [2.75, 3.05) is 0 Å². The Bertz CT molecular complexity index is 391. The van der Waals surface area contributed by atoms with Gasteiger partial charge in [-0.1, -0.05) is 0 Å². The van der Waals surface area contributed by atoms with Gasteiger partial charge in [-0.3, -0.25) is 0 Å². The lowest BCUT2D eigenvalue weighted by Crippen LogP contribution is -2.12. The molecule has 2 aromatic heterocycles. The molecule has 0 spiro atoms. The van der Waals surface area contributed by atoms with Gasteiger partial charge in [0.1, 0.15) is 11.5 Å². The maximum atomic E-state index is 5.97. The molecule has 2 N–H and O–H groups in total. The molecular formula is C9H12N4O. The molecule has 1 unspecified atom stereocenters. The molecule has 0 bridgehead atoms. The summed E-state index contributed by atoms with van der Waals surface area (Å²) >= 11 is 0. The van der Waals surface area contributed by atoms with Crippen molar-refractivity contribution >= 4 is 0 Å². The molecule has 0 aliphatic heterocycles. The first-order valence-corrected chi connectivity index (χ1v) is 4.33. The van der Waals surface area contributed by atoms with Crippen molar-refractivity contribution in [2.45, 2.75) is 13.0 Å². The Morgan fingerprint density at radius 2 is 2.36 bits per heavy atom. The number of nitrogens with two attached hydrogens (primary N) is 1. The fraction of sp³-hybridized carbons (Fsp3) is 0.333. The number of aromatic nitrogens is 3. The lowest BCUT2D eigenvalue weighted by atomic mass is 10.1. The first-order chi connectivity index (χ1) is 6.66. The Hall–Kier alpha value is -1.62. The molecule has 0 radical (unpaired) electrons. The molecule has 0 aromatic carbocycles. The highest BCUT2D eigenvalue weighted by atomic mass is 16.3. The van der Waals surface area contributed by atoms with Gasteiger partial charge in [-0.2, -0.15) is 15.0 Å². The Labute approximate surface area is 81.5 Å². The molecule has 1 atom stereocenters. The van der Waals surface area contributed by atoms with E-state index in [9.17, 15) is 0 Å². The molecular weight excluding hydrogens is 180 g/mol. The SMILES string of the molecule is Cc1cc(C(N)c2cnn(C)n2)co1. The van der Waals surface area contributed by atoms with Crippen LogP contribution in [0.3, 0.4) is 0 Å². The van der Waals surface area contributed by atoms with E-state index in [4.69, 9.17) is 10.2 Å². The molecule has 0 saturated carbocycles. The van der Waals surface area contributed by atoms with Crippen molar-refractivity contribution < 1.29 is 4.42 Å². The highest BCUT2D eigenvalue weighted by molar-refractivity contribution is 5.23. The van der Waals surface area contributed by atoms with Gasteiger partial charge in [0.2, 0.25) is 0 Å². The van der Waals surface area contributed by atoms with Gasteiger partial charge in [0, 0.05) is 12.6 Å². The average molecular weight is 192 g/mol. The van der Waals surface area contributed by atoms with E-state index in [1.54, 1.807) is 19.5 Å². The van der Waals surface area contributed by atoms with Crippen molar-refractivity contribution in [1.29, 1.82) is 0 Å². The lowest BCUT2D eigenvalue weighted by molar-refractivity contribution is 0.530. The predicted octanol–water partition coefficient (Wildman–Crippen LogP) is 0.765. The number of hydrogen-bond acceptors (Lipinski definition) is 4. The summed E-state index contributed by atoms with van der Waals surface area (Å²) in [6.45, 7) is 1.88. The van der Waals surface area contributed by atoms with Crippen LogP contribution in [0.5, 0.6) is 0 Å². The highest BCUT2D eigenvalue weighted by Crippen LogP contribution is 2.18. The van der Waals surface area contributed by atoms with Crippen LogP contribution >= 0.6 is 0 Å². The van der Waals surface area contributed by atoms with Crippen LogP contribution in [0.2, 0.25) is 0 Å². The summed E-state index contributed by atoms with van der Waals surface area (Å²) in [5, 5.41) is 8.10. The standard InChI is InChI=1S/C9H12N4O/c1-6-3-7(5-14-6)9(10)8-4-11-13(2)12-8/h3-5,9H,10H2,1-2H3. The summed E-state index contributed by atoms with van der Waals surface area (Å²) in [4.78, 5) is 1.49. The van der Waals surface area contributed by atoms with Gasteiger partial charge in [0.05, 0.1) is 18.5 Å². The van der Waals surface area contributed by atoms with Gasteiger partial charge in [-0.15, -0.1) is 0 Å². The minimum absolute atomic E-state index is 0.263. The second-order valence-electron chi connectivity index (χ2n) is 3.23. The first-order valence-electron chi connectivity index (χ1n) is 4.33. The Morgan fingerprint density at radius 3 is 2.86 bits per heavy atom. The Kier molecular flexibility index (Phi) is 2.09. The van der Waals surface area contributed by atoms with E-state index in [-0.39, 0.29) is 6.04 Å². The van der Waals surface area contributed by atoms with Crippen LogP contribution in [-0.2, 0) is 7.05 Å². The molecule has 2 aromatic rings. The van der Waals surface area contributed by atoms with Crippen LogP contribution in [0.15, 0.2) is 22.9 Å². The van der Waals surface area contributed by atoms with E-state index in [1.165, 1.54) is 4.80 Å². The van der Waals surface area contributed by atoms with Crippen LogP contribution < -0.4 is 5.73 Å². The third kappa shape index (κ3) is 1.54. The van der Waals surface area contributed by atoms with Gasteiger partial charge < -0.3 is 10.2 Å². The molecule has 0 amide bonds. The Balaban J connectivity index is 2.28. The topological polar surface area (TPSA) is 69.9 Å². The summed E-state index contributed by atoms with van der Waals surface area (Å²) in [6, 6.07) is 1.64. The number of hydrogen-bond donors (Lipinski definition) is 1. The largest absolute Gasteiger partial charge is 0.469 e. The zero-order valence-electron chi connectivity index (χ0n) is 8.14. The summed E-state index contributed by atoms with van der Waals surface area (Å²) in [5.41, 5.74) is 7.63. The van der Waals surface area contributed by atoms with Gasteiger partial charge in [0.15, 0.2) is 0 Å². The first kappa shape index (κ1) is 8.96. The van der Waals surface area contributed by atoms with E-state index >= 15 is 0 Å². The molecule has 0 aliphatic rings. The number of furan rings is 1. The van der Waals surface area contributed by atoms with Gasteiger partial charge >= 0.3 is 0 Å². The fourth-order valence-electron chi connectivity index (χ4n) is 1.30. The molecule has 74 valence electrons. The van der Waals surface area contributed by atoms with Gasteiger partial charge in [-0.05, 0) is 13.0 Å². The van der Waals surface area contributed by atoms with Crippen LogP contribution in [0.1, 0.15) is 23.1 Å². The zero-order chi connectivity index (χ0) is 10.1.